The minimum absolute atomic E-state index is 1.16. The normalized spacial score (nSPS) is 11.4. The second-order valence-corrected chi connectivity index (χ2v) is 12.1. The number of fused-ring (bicyclic) bond motifs is 3. The van der Waals surface area contributed by atoms with Crippen LogP contribution in [-0.4, -0.2) is 4.57 Å². The van der Waals surface area contributed by atoms with Gasteiger partial charge < -0.3 is 4.57 Å². The van der Waals surface area contributed by atoms with Crippen molar-refractivity contribution in [2.24, 2.45) is 0 Å². The van der Waals surface area contributed by atoms with E-state index < -0.39 is 0 Å². The van der Waals surface area contributed by atoms with E-state index in [0.29, 0.717) is 0 Å². The molecule has 0 atom stereocenters. The summed E-state index contributed by atoms with van der Waals surface area (Å²) in [6.45, 7) is 0. The van der Waals surface area contributed by atoms with Gasteiger partial charge in [0.1, 0.15) is 0 Å². The summed E-state index contributed by atoms with van der Waals surface area (Å²) < 4.78 is 2.36. The van der Waals surface area contributed by atoms with Gasteiger partial charge in [-0.2, -0.15) is 0 Å². The van der Waals surface area contributed by atoms with E-state index in [4.69, 9.17) is 0 Å². The van der Waals surface area contributed by atoms with E-state index in [1.807, 2.05) is 0 Å². The summed E-state index contributed by atoms with van der Waals surface area (Å²) in [5, 5.41) is 6.31. The average molecular weight is 598 g/mol. The molecule has 0 spiro atoms. The van der Waals surface area contributed by atoms with Crippen LogP contribution in [0, 0.1) is 0 Å². The van der Waals surface area contributed by atoms with Crippen LogP contribution in [0.1, 0.15) is 0 Å². The van der Waals surface area contributed by atoms with Crippen molar-refractivity contribution >= 4 is 32.4 Å². The molecule has 1 heteroatoms. The Labute approximate surface area is 274 Å². The highest BCUT2D eigenvalue weighted by molar-refractivity contribution is 6.22. The fourth-order valence-electron chi connectivity index (χ4n) is 7.25. The third kappa shape index (κ3) is 4.64. The van der Waals surface area contributed by atoms with Gasteiger partial charge in [-0.3, -0.25) is 0 Å². The van der Waals surface area contributed by atoms with Crippen LogP contribution in [0.4, 0.5) is 0 Å². The van der Waals surface area contributed by atoms with E-state index in [-0.39, 0.29) is 0 Å². The van der Waals surface area contributed by atoms with E-state index in [9.17, 15) is 0 Å². The van der Waals surface area contributed by atoms with Crippen LogP contribution in [0.25, 0.3) is 82.8 Å². The van der Waals surface area contributed by atoms with Crippen molar-refractivity contribution in [2.75, 3.05) is 0 Å². The molecule has 0 saturated carbocycles. The van der Waals surface area contributed by atoms with Crippen LogP contribution in [-0.2, 0) is 0 Å². The van der Waals surface area contributed by atoms with Gasteiger partial charge >= 0.3 is 0 Å². The lowest BCUT2D eigenvalue weighted by Crippen LogP contribution is -1.96. The summed E-state index contributed by atoms with van der Waals surface area (Å²) in [5.74, 6) is 0. The van der Waals surface area contributed by atoms with Gasteiger partial charge in [-0.1, -0.05) is 158 Å². The van der Waals surface area contributed by atoms with Crippen molar-refractivity contribution in [3.63, 3.8) is 0 Å². The Morgan fingerprint density at radius 1 is 0.298 bits per heavy atom. The molecule has 9 rings (SSSR count). The fraction of sp³-hybridized carbons (Fsp3) is 0. The van der Waals surface area contributed by atoms with Gasteiger partial charge in [0, 0.05) is 11.1 Å². The Hall–Kier alpha value is -6.18. The van der Waals surface area contributed by atoms with Crippen LogP contribution >= 0.6 is 0 Å². The van der Waals surface area contributed by atoms with Gasteiger partial charge in [-0.15, -0.1) is 0 Å². The number of benzene rings is 8. The van der Waals surface area contributed by atoms with Gasteiger partial charge in [-0.25, -0.2) is 0 Å². The highest BCUT2D eigenvalue weighted by atomic mass is 15.0. The number of para-hydroxylation sites is 2. The quantitative estimate of drug-likeness (QED) is 0.174. The molecule has 0 radical (unpaired) electrons. The molecule has 1 nitrogen and oxygen atoms in total. The number of hydrogen-bond donors (Lipinski definition) is 0. The largest absolute Gasteiger partial charge is 0.309 e. The number of hydrogen-bond acceptors (Lipinski definition) is 0. The van der Waals surface area contributed by atoms with Crippen molar-refractivity contribution in [2.45, 2.75) is 0 Å². The Morgan fingerprint density at radius 2 is 0.787 bits per heavy atom. The third-order valence-corrected chi connectivity index (χ3v) is 9.39. The van der Waals surface area contributed by atoms with Crippen LogP contribution in [0.5, 0.6) is 0 Å². The van der Waals surface area contributed by atoms with E-state index >= 15 is 0 Å². The topological polar surface area (TPSA) is 4.93 Å². The van der Waals surface area contributed by atoms with E-state index in [2.05, 4.69) is 193 Å². The molecule has 47 heavy (non-hydrogen) atoms. The molecule has 9 aromatic rings. The van der Waals surface area contributed by atoms with Crippen molar-refractivity contribution in [1.82, 2.24) is 4.57 Å². The van der Waals surface area contributed by atoms with Gasteiger partial charge in [0.25, 0.3) is 0 Å². The summed E-state index contributed by atoms with van der Waals surface area (Å²) in [6, 6.07) is 68.1. The second-order valence-electron chi connectivity index (χ2n) is 12.1. The van der Waals surface area contributed by atoms with Crippen molar-refractivity contribution < 1.29 is 0 Å². The molecule has 0 aliphatic carbocycles. The van der Waals surface area contributed by atoms with Gasteiger partial charge in [0.2, 0.25) is 0 Å². The zero-order valence-corrected chi connectivity index (χ0v) is 25.8. The third-order valence-electron chi connectivity index (χ3n) is 9.39. The summed E-state index contributed by atoms with van der Waals surface area (Å²) in [6.07, 6.45) is 0. The van der Waals surface area contributed by atoms with Crippen molar-refractivity contribution in [3.05, 3.63) is 188 Å². The lowest BCUT2D eigenvalue weighted by Gasteiger charge is -2.19. The molecule has 0 N–H and O–H groups in total. The van der Waals surface area contributed by atoms with Gasteiger partial charge in [-0.05, 0) is 90.8 Å². The van der Waals surface area contributed by atoms with Crippen LogP contribution < -0.4 is 0 Å². The molecule has 0 fully saturated rings. The zero-order valence-electron chi connectivity index (χ0n) is 25.8. The summed E-state index contributed by atoms with van der Waals surface area (Å²) in [5.41, 5.74) is 12.2. The maximum absolute atomic E-state index is 2.40. The Bertz CT molecular complexity index is 2520. The molecule has 0 aliphatic rings. The summed E-state index contributed by atoms with van der Waals surface area (Å²) in [7, 11) is 0. The smallest absolute Gasteiger partial charge is 0.0540 e. The van der Waals surface area contributed by atoms with Crippen molar-refractivity contribution in [3.8, 4) is 50.3 Å². The molecular weight excluding hydrogens is 567 g/mol. The number of nitrogens with zero attached hydrogens (tertiary/aromatic N) is 1. The average Bonchev–Trinajstić information content (AvgIpc) is 3.54. The SMILES string of the molecule is c1ccc(-c2c3ccccc3c(-c3ccccc3)c3cc(-c4ccc(-c5cc6ccccc6n5-c5ccccc5)cc4)ccc23)cc1. The molecular formula is C46H31N. The predicted octanol–water partition coefficient (Wildman–Crippen LogP) is 12.6. The lowest BCUT2D eigenvalue weighted by atomic mass is 9.85. The Kier molecular flexibility index (Phi) is 6.54. The van der Waals surface area contributed by atoms with E-state index in [1.165, 1.54) is 77.1 Å². The first-order valence-corrected chi connectivity index (χ1v) is 16.2. The minimum atomic E-state index is 1.16. The molecule has 8 aromatic carbocycles. The molecule has 0 bridgehead atoms. The molecule has 220 valence electrons. The van der Waals surface area contributed by atoms with Crippen LogP contribution in [0.15, 0.2) is 188 Å². The fourth-order valence-corrected chi connectivity index (χ4v) is 7.25. The van der Waals surface area contributed by atoms with Crippen LogP contribution in [0.3, 0.4) is 0 Å². The van der Waals surface area contributed by atoms with Crippen molar-refractivity contribution in [1.29, 1.82) is 0 Å². The lowest BCUT2D eigenvalue weighted by molar-refractivity contribution is 1.13. The first kappa shape index (κ1) is 27.2. The minimum Gasteiger partial charge on any atom is -0.309 e. The van der Waals surface area contributed by atoms with Crippen LogP contribution in [0.2, 0.25) is 0 Å². The predicted molar refractivity (Wildman–Crippen MR) is 200 cm³/mol. The first-order valence-electron chi connectivity index (χ1n) is 16.2. The summed E-state index contributed by atoms with van der Waals surface area (Å²) in [4.78, 5) is 0. The van der Waals surface area contributed by atoms with Gasteiger partial charge in [0.15, 0.2) is 0 Å². The highest BCUT2D eigenvalue weighted by Crippen LogP contribution is 2.45. The maximum Gasteiger partial charge on any atom is 0.0540 e. The number of rotatable bonds is 5. The second kappa shape index (κ2) is 11.3. The first-order chi connectivity index (χ1) is 23.3. The Morgan fingerprint density at radius 3 is 1.45 bits per heavy atom. The molecule has 1 heterocycles. The molecule has 0 saturated heterocycles. The highest BCUT2D eigenvalue weighted by Gasteiger charge is 2.18. The zero-order chi connectivity index (χ0) is 31.2. The number of aromatic nitrogens is 1. The van der Waals surface area contributed by atoms with E-state index in [0.717, 1.165) is 5.69 Å². The monoisotopic (exact) mass is 597 g/mol. The Balaban J connectivity index is 1.23. The molecule has 0 amide bonds. The molecule has 1 aromatic heterocycles. The molecule has 0 unspecified atom stereocenters. The van der Waals surface area contributed by atoms with E-state index in [1.54, 1.807) is 0 Å². The maximum atomic E-state index is 2.40. The standard InChI is InChI=1S/C46H31N/c1-4-14-34(15-5-1)45-39-21-11-12-22-40(39)46(35-16-6-2-7-17-35)42-30-36(28-29-41(42)45)32-24-26-33(27-25-32)44-31-37-18-10-13-23-43(37)47(44)38-19-8-3-9-20-38/h1-31H. The summed E-state index contributed by atoms with van der Waals surface area (Å²) >= 11 is 0. The molecule has 0 aliphatic heterocycles. The van der Waals surface area contributed by atoms with Gasteiger partial charge in [0.05, 0.1) is 11.2 Å².